The summed E-state index contributed by atoms with van der Waals surface area (Å²) in [6, 6.07) is 7.67. The van der Waals surface area contributed by atoms with Crippen LogP contribution in [-0.2, 0) is 14.4 Å². The first-order valence-corrected chi connectivity index (χ1v) is 11.3. The van der Waals surface area contributed by atoms with Gasteiger partial charge in [-0.15, -0.1) is 11.8 Å². The number of benzene rings is 1. The summed E-state index contributed by atoms with van der Waals surface area (Å²) in [6.07, 6.45) is 3.63. The number of nitrogens with zero attached hydrogens (tertiary/aromatic N) is 3. The van der Waals surface area contributed by atoms with Gasteiger partial charge in [-0.2, -0.15) is 0 Å². The number of thioether (sulfide) groups is 1. The first kappa shape index (κ1) is 20.2. The average Bonchev–Trinajstić information content (AvgIpc) is 2.75. The van der Waals surface area contributed by atoms with Crippen molar-refractivity contribution in [2.45, 2.75) is 35.8 Å². The first-order valence-electron chi connectivity index (χ1n) is 10.4. The summed E-state index contributed by atoms with van der Waals surface area (Å²) >= 11 is 1.46. The zero-order chi connectivity index (χ0) is 20.2. The third-order valence-corrected chi connectivity index (χ3v) is 7.13. The summed E-state index contributed by atoms with van der Waals surface area (Å²) in [5, 5.41) is 2.50. The van der Waals surface area contributed by atoms with Gasteiger partial charge in [-0.3, -0.25) is 19.3 Å². The van der Waals surface area contributed by atoms with Crippen LogP contribution in [0.15, 0.2) is 29.2 Å². The minimum Gasteiger partial charge on any atom is -0.342 e. The van der Waals surface area contributed by atoms with Gasteiger partial charge in [0.2, 0.25) is 17.7 Å². The smallest absolute Gasteiger partial charge is 0.238 e. The van der Waals surface area contributed by atoms with Gasteiger partial charge < -0.3 is 15.1 Å². The van der Waals surface area contributed by atoms with Crippen LogP contribution < -0.4 is 5.32 Å². The van der Waals surface area contributed by atoms with Crippen molar-refractivity contribution in [2.75, 3.05) is 51.1 Å². The normalized spacial score (nSPS) is 22.8. The van der Waals surface area contributed by atoms with E-state index in [1.165, 1.54) is 18.2 Å². The quantitative estimate of drug-likeness (QED) is 0.808. The summed E-state index contributed by atoms with van der Waals surface area (Å²) in [4.78, 5) is 44.5. The van der Waals surface area contributed by atoms with E-state index in [2.05, 4.69) is 10.2 Å². The Bertz CT molecular complexity index is 773. The fraction of sp³-hybridized carbons (Fsp3) is 0.571. The number of hydrogen-bond acceptors (Lipinski definition) is 5. The van der Waals surface area contributed by atoms with Gasteiger partial charge in [0.15, 0.2) is 0 Å². The number of fused-ring (bicyclic) bond motifs is 1. The van der Waals surface area contributed by atoms with E-state index in [1.807, 2.05) is 34.1 Å². The third-order valence-electron chi connectivity index (χ3n) is 5.86. The van der Waals surface area contributed by atoms with Crippen LogP contribution in [0.5, 0.6) is 0 Å². The van der Waals surface area contributed by atoms with Gasteiger partial charge in [0.1, 0.15) is 0 Å². The molecule has 4 rings (SSSR count). The average molecular weight is 417 g/mol. The molecule has 0 aliphatic carbocycles. The minimum atomic E-state index is -0.392. The van der Waals surface area contributed by atoms with E-state index in [0.717, 1.165) is 36.5 Å². The first-order chi connectivity index (χ1) is 14.1. The molecule has 0 aromatic heterocycles. The van der Waals surface area contributed by atoms with Crippen molar-refractivity contribution in [2.24, 2.45) is 0 Å². The third kappa shape index (κ3) is 4.93. The molecule has 0 saturated carbocycles. The van der Waals surface area contributed by atoms with Crippen LogP contribution in [0.3, 0.4) is 0 Å². The highest BCUT2D eigenvalue weighted by Crippen LogP contribution is 2.36. The van der Waals surface area contributed by atoms with Gasteiger partial charge in [-0.25, -0.2) is 0 Å². The van der Waals surface area contributed by atoms with Gasteiger partial charge in [0.25, 0.3) is 0 Å². The maximum atomic E-state index is 12.7. The summed E-state index contributed by atoms with van der Waals surface area (Å²) < 4.78 is 0. The molecule has 2 saturated heterocycles. The number of piperazine rings is 1. The molecule has 0 spiro atoms. The number of amides is 3. The number of anilines is 1. The second-order valence-corrected chi connectivity index (χ2v) is 9.14. The molecular formula is C21H28N4O3S. The zero-order valence-electron chi connectivity index (χ0n) is 16.6. The molecule has 1 N–H and O–H groups in total. The van der Waals surface area contributed by atoms with Crippen LogP contribution in [0.1, 0.15) is 25.7 Å². The van der Waals surface area contributed by atoms with Crippen LogP contribution in [0, 0.1) is 0 Å². The number of likely N-dealkylation sites (tertiary alicyclic amines) is 1. The summed E-state index contributed by atoms with van der Waals surface area (Å²) in [6.45, 7) is 4.84. The van der Waals surface area contributed by atoms with E-state index in [9.17, 15) is 14.4 Å². The van der Waals surface area contributed by atoms with Crippen LogP contribution >= 0.6 is 11.8 Å². The number of carbonyl (C=O) groups is 3. The van der Waals surface area contributed by atoms with Crippen molar-refractivity contribution in [3.63, 3.8) is 0 Å². The van der Waals surface area contributed by atoms with Gasteiger partial charge in [-0.1, -0.05) is 12.1 Å². The van der Waals surface area contributed by atoms with E-state index in [1.54, 1.807) is 0 Å². The Morgan fingerprint density at radius 2 is 1.62 bits per heavy atom. The lowest BCUT2D eigenvalue weighted by Gasteiger charge is -2.36. The maximum Gasteiger partial charge on any atom is 0.238 e. The molecule has 3 aliphatic heterocycles. The van der Waals surface area contributed by atoms with E-state index >= 15 is 0 Å². The van der Waals surface area contributed by atoms with Crippen molar-refractivity contribution in [3.05, 3.63) is 24.3 Å². The molecule has 29 heavy (non-hydrogen) atoms. The summed E-state index contributed by atoms with van der Waals surface area (Å²) in [5.74, 6) is 0.116. The Morgan fingerprint density at radius 3 is 2.38 bits per heavy atom. The van der Waals surface area contributed by atoms with E-state index in [0.29, 0.717) is 32.7 Å². The topological polar surface area (TPSA) is 73.0 Å². The Labute approximate surface area is 175 Å². The minimum absolute atomic E-state index is 0.0130. The van der Waals surface area contributed by atoms with Crippen molar-refractivity contribution < 1.29 is 14.4 Å². The predicted molar refractivity (Wildman–Crippen MR) is 113 cm³/mol. The largest absolute Gasteiger partial charge is 0.342 e. The monoisotopic (exact) mass is 416 g/mol. The van der Waals surface area contributed by atoms with E-state index < -0.39 is 5.25 Å². The van der Waals surface area contributed by atoms with E-state index in [-0.39, 0.29) is 24.1 Å². The highest BCUT2D eigenvalue weighted by molar-refractivity contribution is 8.01. The molecule has 156 valence electrons. The number of carbonyl (C=O) groups excluding carboxylic acids is 3. The second kappa shape index (κ2) is 9.17. The number of para-hydroxylation sites is 1. The molecular weight excluding hydrogens is 388 g/mol. The highest BCUT2D eigenvalue weighted by Gasteiger charge is 2.31. The molecule has 0 radical (unpaired) electrons. The Balaban J connectivity index is 1.24. The Hall–Kier alpha value is -2.06. The van der Waals surface area contributed by atoms with Gasteiger partial charge in [0, 0.05) is 50.6 Å². The standard InChI is InChI=1S/C21H28N4O3S/c26-19(14-18-21(28)22-16-6-2-3-7-17(16)29-18)25-12-10-23(11-13-25)15-20(27)24-8-4-1-5-9-24/h2-3,6-7,18H,1,4-5,8-15H2,(H,22,28). The second-order valence-electron chi connectivity index (χ2n) is 7.89. The van der Waals surface area contributed by atoms with E-state index in [4.69, 9.17) is 0 Å². The lowest BCUT2D eigenvalue weighted by atomic mass is 10.1. The van der Waals surface area contributed by atoms with Gasteiger partial charge in [-0.05, 0) is 31.4 Å². The summed E-state index contributed by atoms with van der Waals surface area (Å²) in [7, 11) is 0. The van der Waals surface area contributed by atoms with Crippen LogP contribution in [0.25, 0.3) is 0 Å². The molecule has 2 fully saturated rings. The number of nitrogens with one attached hydrogen (secondary N) is 1. The number of rotatable bonds is 4. The Morgan fingerprint density at radius 1 is 0.931 bits per heavy atom. The van der Waals surface area contributed by atoms with Gasteiger partial charge >= 0.3 is 0 Å². The number of hydrogen-bond donors (Lipinski definition) is 1. The van der Waals surface area contributed by atoms with Crippen LogP contribution in [-0.4, -0.2) is 83.5 Å². The molecule has 1 aromatic carbocycles. The lowest BCUT2D eigenvalue weighted by molar-refractivity contribution is -0.136. The predicted octanol–water partition coefficient (Wildman–Crippen LogP) is 1.65. The zero-order valence-corrected chi connectivity index (χ0v) is 17.5. The lowest BCUT2D eigenvalue weighted by Crippen LogP contribution is -2.52. The van der Waals surface area contributed by atoms with Crippen molar-refractivity contribution >= 4 is 35.2 Å². The molecule has 3 amide bonds. The number of piperidine rings is 1. The van der Waals surface area contributed by atoms with Crippen molar-refractivity contribution in [1.82, 2.24) is 14.7 Å². The molecule has 8 heteroatoms. The SMILES string of the molecule is O=C1Nc2ccccc2SC1CC(=O)N1CCN(CC(=O)N2CCCCC2)CC1. The maximum absolute atomic E-state index is 12.7. The Kier molecular flexibility index (Phi) is 6.40. The molecule has 0 bridgehead atoms. The summed E-state index contributed by atoms with van der Waals surface area (Å²) in [5.41, 5.74) is 0.818. The van der Waals surface area contributed by atoms with Crippen LogP contribution in [0.4, 0.5) is 5.69 Å². The van der Waals surface area contributed by atoms with Crippen LogP contribution in [0.2, 0.25) is 0 Å². The molecule has 1 atom stereocenters. The van der Waals surface area contributed by atoms with Crippen molar-refractivity contribution in [3.8, 4) is 0 Å². The van der Waals surface area contributed by atoms with Gasteiger partial charge in [0.05, 0.1) is 17.5 Å². The molecule has 1 unspecified atom stereocenters. The highest BCUT2D eigenvalue weighted by atomic mass is 32.2. The molecule has 1 aromatic rings. The molecule has 3 heterocycles. The molecule has 7 nitrogen and oxygen atoms in total. The fourth-order valence-electron chi connectivity index (χ4n) is 4.10. The fourth-order valence-corrected chi connectivity index (χ4v) is 5.21. The van der Waals surface area contributed by atoms with Crippen molar-refractivity contribution in [1.29, 1.82) is 0 Å². The molecule has 3 aliphatic rings.